The van der Waals surface area contributed by atoms with Crippen LogP contribution in [0.15, 0.2) is 24.3 Å². The summed E-state index contributed by atoms with van der Waals surface area (Å²) in [5, 5.41) is 3.37. The second-order valence-corrected chi connectivity index (χ2v) is 4.88. The number of ether oxygens (including phenoxy) is 1. The van der Waals surface area contributed by atoms with Gasteiger partial charge in [0.1, 0.15) is 11.9 Å². The van der Waals surface area contributed by atoms with Crippen LogP contribution in [0.4, 0.5) is 0 Å². The van der Waals surface area contributed by atoms with Gasteiger partial charge in [-0.3, -0.25) is 0 Å². The molecular formula is C14H19NO. The van der Waals surface area contributed by atoms with Crippen molar-refractivity contribution in [1.82, 2.24) is 5.32 Å². The Balaban J connectivity index is 1.72. The zero-order chi connectivity index (χ0) is 10.8. The Morgan fingerprint density at radius 3 is 2.50 bits per heavy atom. The van der Waals surface area contributed by atoms with Gasteiger partial charge in [-0.05, 0) is 56.3 Å². The number of nitrogens with one attached hydrogen (secondary N) is 1. The van der Waals surface area contributed by atoms with E-state index < -0.39 is 0 Å². The number of hydrogen-bond acceptors (Lipinski definition) is 2. The minimum atomic E-state index is 0.418. The Bertz CT molecular complexity index is 354. The third-order valence-corrected chi connectivity index (χ3v) is 3.52. The molecular weight excluding hydrogens is 198 g/mol. The number of piperidine rings is 1. The lowest BCUT2D eigenvalue weighted by molar-refractivity contribution is 0.161. The topological polar surface area (TPSA) is 21.3 Å². The third-order valence-electron chi connectivity index (χ3n) is 3.52. The fraction of sp³-hybridized carbons (Fsp3) is 0.571. The molecule has 0 amide bonds. The molecule has 0 atom stereocenters. The summed E-state index contributed by atoms with van der Waals surface area (Å²) in [6.07, 6.45) is 5.37. The van der Waals surface area contributed by atoms with Gasteiger partial charge in [-0.2, -0.15) is 0 Å². The standard InChI is InChI=1S/C14H19NO/c1-2-4-14(13(3-1)11-5-6-11)16-12-7-9-15-10-8-12/h1-4,11-12,15H,5-10H2. The molecule has 86 valence electrons. The van der Waals surface area contributed by atoms with Crippen molar-refractivity contribution >= 4 is 0 Å². The summed E-state index contributed by atoms with van der Waals surface area (Å²) in [4.78, 5) is 0. The molecule has 2 aliphatic rings. The quantitative estimate of drug-likeness (QED) is 0.840. The van der Waals surface area contributed by atoms with Crippen molar-refractivity contribution < 1.29 is 4.74 Å². The molecule has 0 bridgehead atoms. The van der Waals surface area contributed by atoms with E-state index in [-0.39, 0.29) is 0 Å². The Hall–Kier alpha value is -1.02. The van der Waals surface area contributed by atoms with Crippen LogP contribution in [0.3, 0.4) is 0 Å². The normalized spacial score (nSPS) is 22.0. The van der Waals surface area contributed by atoms with Crippen molar-refractivity contribution in [2.24, 2.45) is 0 Å². The third kappa shape index (κ3) is 2.22. The molecule has 0 spiro atoms. The molecule has 1 saturated heterocycles. The van der Waals surface area contributed by atoms with Crippen LogP contribution in [0.5, 0.6) is 5.75 Å². The first-order valence-corrected chi connectivity index (χ1v) is 6.40. The van der Waals surface area contributed by atoms with Crippen LogP contribution in [-0.4, -0.2) is 19.2 Å². The molecule has 2 heteroatoms. The largest absolute Gasteiger partial charge is 0.490 e. The first-order chi connectivity index (χ1) is 7.93. The van der Waals surface area contributed by atoms with Gasteiger partial charge in [0.25, 0.3) is 0 Å². The van der Waals surface area contributed by atoms with Crippen molar-refractivity contribution in [3.8, 4) is 5.75 Å². The summed E-state index contributed by atoms with van der Waals surface area (Å²) in [6, 6.07) is 8.58. The highest BCUT2D eigenvalue weighted by molar-refractivity contribution is 5.38. The summed E-state index contributed by atoms with van der Waals surface area (Å²) in [7, 11) is 0. The maximum Gasteiger partial charge on any atom is 0.123 e. The summed E-state index contributed by atoms with van der Waals surface area (Å²) < 4.78 is 6.15. The summed E-state index contributed by atoms with van der Waals surface area (Å²) in [5.41, 5.74) is 1.43. The van der Waals surface area contributed by atoms with Crippen LogP contribution in [0.1, 0.15) is 37.2 Å². The fourth-order valence-electron chi connectivity index (χ4n) is 2.41. The van der Waals surface area contributed by atoms with Gasteiger partial charge in [0, 0.05) is 0 Å². The van der Waals surface area contributed by atoms with Gasteiger partial charge >= 0.3 is 0 Å². The van der Waals surface area contributed by atoms with Crippen molar-refractivity contribution in [2.75, 3.05) is 13.1 Å². The Morgan fingerprint density at radius 2 is 1.75 bits per heavy atom. The first kappa shape index (κ1) is 10.2. The molecule has 1 N–H and O–H groups in total. The SMILES string of the molecule is c1ccc(C2CC2)c(OC2CCNCC2)c1. The molecule has 0 radical (unpaired) electrons. The van der Waals surface area contributed by atoms with E-state index >= 15 is 0 Å². The van der Waals surface area contributed by atoms with Gasteiger partial charge in [0.05, 0.1) is 0 Å². The highest BCUT2D eigenvalue weighted by Crippen LogP contribution is 2.44. The molecule has 1 aromatic carbocycles. The average molecular weight is 217 g/mol. The number of hydrogen-bond donors (Lipinski definition) is 1. The van der Waals surface area contributed by atoms with Gasteiger partial charge in [-0.15, -0.1) is 0 Å². The van der Waals surface area contributed by atoms with Gasteiger partial charge in [0.2, 0.25) is 0 Å². The predicted octanol–water partition coefficient (Wildman–Crippen LogP) is 2.69. The van der Waals surface area contributed by atoms with E-state index in [2.05, 4.69) is 29.6 Å². The number of rotatable bonds is 3. The lowest BCUT2D eigenvalue weighted by Gasteiger charge is -2.25. The zero-order valence-corrected chi connectivity index (χ0v) is 9.61. The van der Waals surface area contributed by atoms with E-state index in [4.69, 9.17) is 4.74 Å². The lowest BCUT2D eigenvalue weighted by atomic mass is 10.1. The Kier molecular flexibility index (Phi) is 2.83. The monoisotopic (exact) mass is 217 g/mol. The minimum Gasteiger partial charge on any atom is -0.490 e. The molecule has 3 rings (SSSR count). The van der Waals surface area contributed by atoms with Crippen LogP contribution >= 0.6 is 0 Å². The van der Waals surface area contributed by atoms with E-state index in [0.717, 1.165) is 37.6 Å². The molecule has 16 heavy (non-hydrogen) atoms. The maximum absolute atomic E-state index is 6.15. The van der Waals surface area contributed by atoms with Crippen molar-refractivity contribution in [3.05, 3.63) is 29.8 Å². The first-order valence-electron chi connectivity index (χ1n) is 6.40. The zero-order valence-electron chi connectivity index (χ0n) is 9.61. The average Bonchev–Trinajstić information content (AvgIpc) is 3.15. The molecule has 0 aromatic heterocycles. The molecule has 1 saturated carbocycles. The van der Waals surface area contributed by atoms with Crippen LogP contribution in [0, 0.1) is 0 Å². The van der Waals surface area contributed by atoms with Crippen molar-refractivity contribution in [1.29, 1.82) is 0 Å². The van der Waals surface area contributed by atoms with Crippen molar-refractivity contribution in [2.45, 2.75) is 37.7 Å². The van der Waals surface area contributed by atoms with E-state index in [1.807, 2.05) is 0 Å². The van der Waals surface area contributed by atoms with E-state index in [1.165, 1.54) is 18.4 Å². The lowest BCUT2D eigenvalue weighted by Crippen LogP contribution is -2.34. The predicted molar refractivity (Wildman–Crippen MR) is 64.9 cm³/mol. The Morgan fingerprint density at radius 1 is 1.00 bits per heavy atom. The van der Waals surface area contributed by atoms with Gasteiger partial charge in [-0.1, -0.05) is 18.2 Å². The summed E-state index contributed by atoms with van der Waals surface area (Å²) in [6.45, 7) is 2.19. The van der Waals surface area contributed by atoms with Crippen molar-refractivity contribution in [3.63, 3.8) is 0 Å². The molecule has 2 nitrogen and oxygen atoms in total. The second kappa shape index (κ2) is 4.46. The van der Waals surface area contributed by atoms with Crippen LogP contribution < -0.4 is 10.1 Å². The van der Waals surface area contributed by atoms with Gasteiger partial charge in [0.15, 0.2) is 0 Å². The van der Waals surface area contributed by atoms with Crippen LogP contribution in [-0.2, 0) is 0 Å². The highest BCUT2D eigenvalue weighted by Gasteiger charge is 2.27. The van der Waals surface area contributed by atoms with E-state index in [9.17, 15) is 0 Å². The smallest absolute Gasteiger partial charge is 0.123 e. The molecule has 1 aliphatic carbocycles. The molecule has 2 fully saturated rings. The molecule has 1 heterocycles. The number of para-hydroxylation sites is 1. The minimum absolute atomic E-state index is 0.418. The van der Waals surface area contributed by atoms with Gasteiger partial charge < -0.3 is 10.1 Å². The number of benzene rings is 1. The molecule has 1 aromatic rings. The van der Waals surface area contributed by atoms with E-state index in [0.29, 0.717) is 6.10 Å². The van der Waals surface area contributed by atoms with Gasteiger partial charge in [-0.25, -0.2) is 0 Å². The van der Waals surface area contributed by atoms with Crippen LogP contribution in [0.2, 0.25) is 0 Å². The molecule has 0 unspecified atom stereocenters. The summed E-state index contributed by atoms with van der Waals surface area (Å²) >= 11 is 0. The maximum atomic E-state index is 6.15. The summed E-state index contributed by atoms with van der Waals surface area (Å²) in [5.74, 6) is 1.91. The van der Waals surface area contributed by atoms with E-state index in [1.54, 1.807) is 0 Å². The molecule has 1 aliphatic heterocycles. The second-order valence-electron chi connectivity index (χ2n) is 4.88. The highest BCUT2D eigenvalue weighted by atomic mass is 16.5. The van der Waals surface area contributed by atoms with Crippen LogP contribution in [0.25, 0.3) is 0 Å². The Labute approximate surface area is 97.0 Å². The fourth-order valence-corrected chi connectivity index (χ4v) is 2.41.